The van der Waals surface area contributed by atoms with E-state index in [-0.39, 0.29) is 25.4 Å². The van der Waals surface area contributed by atoms with Crippen LogP contribution in [0.5, 0.6) is 0 Å². The zero-order valence-corrected chi connectivity index (χ0v) is 14.0. The number of carbonyl (C=O) groups excluding carboxylic acids is 2. The predicted octanol–water partition coefficient (Wildman–Crippen LogP) is 3.09. The lowest BCUT2D eigenvalue weighted by Crippen LogP contribution is -2.45. The molecule has 1 aliphatic heterocycles. The molecule has 2 aromatic carbocycles. The molecule has 1 atom stereocenters. The van der Waals surface area contributed by atoms with E-state index in [0.717, 1.165) is 16.1 Å². The first-order chi connectivity index (χ1) is 12.1. The van der Waals surface area contributed by atoms with E-state index in [1.54, 1.807) is 17.0 Å². The summed E-state index contributed by atoms with van der Waals surface area (Å²) in [6.07, 6.45) is 0.285. The molecule has 0 aromatic heterocycles. The van der Waals surface area contributed by atoms with Crippen LogP contribution in [0.15, 0.2) is 53.4 Å². The molecule has 0 fully saturated rings. The highest BCUT2D eigenvalue weighted by Crippen LogP contribution is 2.40. The molecule has 1 N–H and O–H groups in total. The van der Waals surface area contributed by atoms with Crippen LogP contribution in [0.4, 0.5) is 11.4 Å². The van der Waals surface area contributed by atoms with Gasteiger partial charge in [-0.1, -0.05) is 36.4 Å². The predicted molar refractivity (Wildman–Crippen MR) is 94.5 cm³/mol. The van der Waals surface area contributed by atoms with E-state index in [1.807, 2.05) is 36.4 Å². The van der Waals surface area contributed by atoms with Crippen molar-refractivity contribution in [3.8, 4) is 0 Å². The topological polar surface area (TPSA) is 65.2 Å². The Labute approximate surface area is 149 Å². The normalized spacial score (nSPS) is 16.1. The molecule has 0 saturated heterocycles. The molecule has 6 nitrogen and oxygen atoms in total. The van der Waals surface area contributed by atoms with Gasteiger partial charge in [-0.05, 0) is 17.7 Å². The van der Waals surface area contributed by atoms with Gasteiger partial charge in [-0.3, -0.25) is 14.8 Å². The minimum Gasteiger partial charge on any atom is -0.307 e. The quantitative estimate of drug-likeness (QED) is 0.388. The van der Waals surface area contributed by atoms with Crippen molar-refractivity contribution in [2.75, 3.05) is 11.4 Å². The number of nitrogens with zero attached hydrogens (tertiary/aromatic N) is 3. The Morgan fingerprint density at radius 1 is 1.24 bits per heavy atom. The average Bonchev–Trinajstić information content (AvgIpc) is 2.65. The van der Waals surface area contributed by atoms with Crippen LogP contribution in [0.2, 0.25) is 0 Å². The molecule has 0 saturated carbocycles. The lowest BCUT2D eigenvalue weighted by Gasteiger charge is -2.34. The smallest absolute Gasteiger partial charge is 0.242 e. The fraction of sp³-hybridized carbons (Fsp3) is 0.167. The molecule has 25 heavy (non-hydrogen) atoms. The molecular formula is C18H15N3O3S. The fourth-order valence-corrected chi connectivity index (χ4v) is 3.91. The van der Waals surface area contributed by atoms with E-state index >= 15 is 0 Å². The van der Waals surface area contributed by atoms with Crippen LogP contribution in [0.1, 0.15) is 5.56 Å². The molecule has 2 amide bonds. The van der Waals surface area contributed by atoms with Crippen LogP contribution in [0.3, 0.4) is 0 Å². The first-order valence-corrected chi connectivity index (χ1v) is 8.45. The van der Waals surface area contributed by atoms with Gasteiger partial charge in [0.25, 0.3) is 0 Å². The highest BCUT2D eigenvalue weighted by molar-refractivity contribution is 8.01. The second-order valence-electron chi connectivity index (χ2n) is 5.47. The van der Waals surface area contributed by atoms with Gasteiger partial charge in [0.05, 0.1) is 18.8 Å². The third kappa shape index (κ3) is 3.50. The number of hydrogen-bond acceptors (Lipinski definition) is 4. The van der Waals surface area contributed by atoms with Crippen molar-refractivity contribution in [2.45, 2.75) is 16.7 Å². The maximum atomic E-state index is 12.9. The number of para-hydroxylation sites is 2. The summed E-state index contributed by atoms with van der Waals surface area (Å²) in [6.45, 7) is 7.46. The number of anilines is 1. The minimum atomic E-state index is -0.606. The van der Waals surface area contributed by atoms with E-state index in [1.165, 1.54) is 11.8 Å². The van der Waals surface area contributed by atoms with Crippen LogP contribution in [-0.4, -0.2) is 34.4 Å². The van der Waals surface area contributed by atoms with Crippen molar-refractivity contribution in [1.82, 2.24) is 5.06 Å². The number of carbonyl (C=O) groups is 2. The first-order valence-electron chi connectivity index (χ1n) is 7.57. The number of hydrogen-bond donors (Lipinski definition) is 1. The Bertz CT molecular complexity index is 849. The van der Waals surface area contributed by atoms with Gasteiger partial charge in [0.1, 0.15) is 5.25 Å². The summed E-state index contributed by atoms with van der Waals surface area (Å²) in [5, 5.41) is 9.35. The van der Waals surface area contributed by atoms with Crippen molar-refractivity contribution in [3.05, 3.63) is 65.5 Å². The maximum absolute atomic E-state index is 12.9. The summed E-state index contributed by atoms with van der Waals surface area (Å²) < 4.78 is 0. The molecule has 1 unspecified atom stereocenters. The average molecular weight is 353 g/mol. The summed E-state index contributed by atoms with van der Waals surface area (Å²) in [4.78, 5) is 29.6. The van der Waals surface area contributed by atoms with Crippen LogP contribution in [0, 0.1) is 6.57 Å². The van der Waals surface area contributed by atoms with Crippen LogP contribution in [-0.2, 0) is 16.1 Å². The maximum Gasteiger partial charge on any atom is 0.242 e. The van der Waals surface area contributed by atoms with Gasteiger partial charge in [-0.25, -0.2) is 9.91 Å². The molecule has 1 aliphatic rings. The number of fused-ring (bicyclic) bond motifs is 1. The summed E-state index contributed by atoms with van der Waals surface area (Å²) >= 11 is 1.32. The molecule has 126 valence electrons. The largest absolute Gasteiger partial charge is 0.307 e. The van der Waals surface area contributed by atoms with Crippen molar-refractivity contribution in [1.29, 1.82) is 0 Å². The zero-order valence-electron chi connectivity index (χ0n) is 13.2. The second-order valence-corrected chi connectivity index (χ2v) is 6.71. The van der Waals surface area contributed by atoms with Crippen molar-refractivity contribution in [2.24, 2.45) is 0 Å². The van der Waals surface area contributed by atoms with Gasteiger partial charge < -0.3 is 4.90 Å². The Hall–Kier alpha value is -2.82. The summed E-state index contributed by atoms with van der Waals surface area (Å²) in [7, 11) is 0. The standard InChI is InChI=1S/C18H15N3O3S/c1-19-14-7-3-2-6-13(14)10-21-15-8-4-5-9-16(15)25-17(18(21)23)11-20(24)12-22/h2-9,12,17,24H,10-11H2. The molecule has 0 spiro atoms. The number of thioether (sulfide) groups is 1. The number of hydroxylamine groups is 2. The number of benzene rings is 2. The highest BCUT2D eigenvalue weighted by atomic mass is 32.2. The summed E-state index contributed by atoms with van der Waals surface area (Å²) in [5.41, 5.74) is 2.02. The Balaban J connectivity index is 1.96. The summed E-state index contributed by atoms with van der Waals surface area (Å²) in [5.74, 6) is -0.204. The zero-order chi connectivity index (χ0) is 17.8. The molecule has 2 aromatic rings. The van der Waals surface area contributed by atoms with Gasteiger partial charge >= 0.3 is 0 Å². The minimum absolute atomic E-state index is 0.0949. The third-order valence-corrected chi connectivity index (χ3v) is 5.12. The SMILES string of the molecule is [C-]#[N+]c1ccccc1CN1C(=O)C(CN(O)C=O)Sc2ccccc21. The molecule has 0 radical (unpaired) electrons. The van der Waals surface area contributed by atoms with Gasteiger partial charge in [0.15, 0.2) is 5.69 Å². The van der Waals surface area contributed by atoms with E-state index in [9.17, 15) is 14.8 Å². The van der Waals surface area contributed by atoms with E-state index in [0.29, 0.717) is 10.8 Å². The Morgan fingerprint density at radius 3 is 2.72 bits per heavy atom. The van der Waals surface area contributed by atoms with E-state index in [4.69, 9.17) is 6.57 Å². The number of amides is 2. The molecular weight excluding hydrogens is 338 g/mol. The Kier molecular flexibility index (Phi) is 5.03. The van der Waals surface area contributed by atoms with E-state index in [2.05, 4.69) is 4.85 Å². The van der Waals surface area contributed by atoms with Crippen molar-refractivity contribution < 1.29 is 14.8 Å². The first kappa shape index (κ1) is 17.0. The van der Waals surface area contributed by atoms with Gasteiger partial charge in [-0.15, -0.1) is 11.8 Å². The highest BCUT2D eigenvalue weighted by Gasteiger charge is 2.34. The fourth-order valence-electron chi connectivity index (χ4n) is 2.69. The lowest BCUT2D eigenvalue weighted by atomic mass is 10.1. The molecule has 7 heteroatoms. The molecule has 0 bridgehead atoms. The van der Waals surface area contributed by atoms with Crippen molar-refractivity contribution >= 4 is 35.5 Å². The second kappa shape index (κ2) is 7.38. The van der Waals surface area contributed by atoms with Gasteiger partial charge in [0.2, 0.25) is 12.3 Å². The van der Waals surface area contributed by atoms with E-state index < -0.39 is 5.25 Å². The molecule has 0 aliphatic carbocycles. The van der Waals surface area contributed by atoms with Crippen LogP contribution in [0.25, 0.3) is 4.85 Å². The van der Waals surface area contributed by atoms with Crippen LogP contribution >= 0.6 is 11.8 Å². The van der Waals surface area contributed by atoms with Crippen molar-refractivity contribution in [3.63, 3.8) is 0 Å². The lowest BCUT2D eigenvalue weighted by molar-refractivity contribution is -0.150. The third-order valence-electron chi connectivity index (χ3n) is 3.88. The monoisotopic (exact) mass is 353 g/mol. The molecule has 1 heterocycles. The van der Waals surface area contributed by atoms with Gasteiger partial charge in [0, 0.05) is 11.4 Å². The van der Waals surface area contributed by atoms with Crippen LogP contribution < -0.4 is 4.90 Å². The molecule has 3 rings (SSSR count). The van der Waals surface area contributed by atoms with Gasteiger partial charge in [-0.2, -0.15) is 0 Å². The Morgan fingerprint density at radius 2 is 1.96 bits per heavy atom. The summed E-state index contributed by atoms with van der Waals surface area (Å²) in [6, 6.07) is 14.6. The number of rotatable bonds is 5.